The van der Waals surface area contributed by atoms with E-state index in [1.54, 1.807) is 14.2 Å². The summed E-state index contributed by atoms with van der Waals surface area (Å²) in [7, 11) is 3.31. The van der Waals surface area contributed by atoms with Gasteiger partial charge in [0.05, 0.1) is 0 Å². The number of aryl methyl sites for hydroxylation is 1. The van der Waals surface area contributed by atoms with Gasteiger partial charge in [0.2, 0.25) is 0 Å². The Kier molecular flexibility index (Phi) is 6.86. The Morgan fingerprint density at radius 3 is 2.35 bits per heavy atom. The molecular formula is C14H23NO2. The second-order valence-corrected chi connectivity index (χ2v) is 4.23. The summed E-state index contributed by atoms with van der Waals surface area (Å²) in [5.41, 5.74) is 1.39. The lowest BCUT2D eigenvalue weighted by atomic mass is 10.1. The van der Waals surface area contributed by atoms with Crippen LogP contribution in [0.1, 0.15) is 18.9 Å². The summed E-state index contributed by atoms with van der Waals surface area (Å²) < 4.78 is 10.3. The van der Waals surface area contributed by atoms with Gasteiger partial charge >= 0.3 is 0 Å². The Hall–Kier alpha value is -0.900. The molecule has 0 aliphatic rings. The van der Waals surface area contributed by atoms with E-state index >= 15 is 0 Å². The molecule has 1 aromatic rings. The van der Waals surface area contributed by atoms with Crippen molar-refractivity contribution in [2.75, 3.05) is 20.8 Å². The highest BCUT2D eigenvalue weighted by atomic mass is 16.7. The van der Waals surface area contributed by atoms with Crippen molar-refractivity contribution < 1.29 is 9.47 Å². The highest BCUT2D eigenvalue weighted by Crippen LogP contribution is 2.04. The fraction of sp³-hybridized carbons (Fsp3) is 0.571. The summed E-state index contributed by atoms with van der Waals surface area (Å²) in [5.74, 6) is 0. The molecule has 0 aliphatic carbocycles. The molecule has 1 atom stereocenters. The molecule has 17 heavy (non-hydrogen) atoms. The molecule has 0 aliphatic heterocycles. The molecule has 0 saturated heterocycles. The van der Waals surface area contributed by atoms with Crippen molar-refractivity contribution in [2.45, 2.75) is 32.1 Å². The molecule has 0 heterocycles. The zero-order valence-electron chi connectivity index (χ0n) is 11.0. The summed E-state index contributed by atoms with van der Waals surface area (Å²) in [6.07, 6.45) is 2.05. The second-order valence-electron chi connectivity index (χ2n) is 4.23. The van der Waals surface area contributed by atoms with E-state index < -0.39 is 0 Å². The number of benzene rings is 1. The first kappa shape index (κ1) is 14.2. The van der Waals surface area contributed by atoms with Gasteiger partial charge in [0.15, 0.2) is 6.29 Å². The number of methoxy groups -OCH3 is 2. The predicted molar refractivity (Wildman–Crippen MR) is 70.0 cm³/mol. The van der Waals surface area contributed by atoms with Gasteiger partial charge in [-0.15, -0.1) is 0 Å². The quantitative estimate of drug-likeness (QED) is 0.703. The van der Waals surface area contributed by atoms with Crippen LogP contribution in [0, 0.1) is 0 Å². The number of rotatable bonds is 8. The SMILES string of the molecule is COC(CN[C@@H](C)CCc1ccccc1)OC. The van der Waals surface area contributed by atoms with Crippen LogP contribution in [-0.4, -0.2) is 33.1 Å². The zero-order valence-corrected chi connectivity index (χ0v) is 11.0. The third kappa shape index (κ3) is 5.82. The summed E-state index contributed by atoms with van der Waals surface area (Å²) in [4.78, 5) is 0. The predicted octanol–water partition coefficient (Wildman–Crippen LogP) is 2.22. The van der Waals surface area contributed by atoms with Crippen molar-refractivity contribution in [2.24, 2.45) is 0 Å². The molecule has 0 spiro atoms. The van der Waals surface area contributed by atoms with Crippen LogP contribution in [0.15, 0.2) is 30.3 Å². The third-order valence-corrected chi connectivity index (χ3v) is 2.87. The monoisotopic (exact) mass is 237 g/mol. The van der Waals surface area contributed by atoms with Gasteiger partial charge < -0.3 is 14.8 Å². The van der Waals surface area contributed by atoms with Gasteiger partial charge in [-0.2, -0.15) is 0 Å². The highest BCUT2D eigenvalue weighted by Gasteiger charge is 2.07. The molecular weight excluding hydrogens is 214 g/mol. The lowest BCUT2D eigenvalue weighted by molar-refractivity contribution is -0.0997. The van der Waals surface area contributed by atoms with E-state index in [2.05, 4.69) is 36.5 Å². The van der Waals surface area contributed by atoms with Crippen LogP contribution in [0.25, 0.3) is 0 Å². The third-order valence-electron chi connectivity index (χ3n) is 2.87. The van der Waals surface area contributed by atoms with Crippen molar-refractivity contribution in [1.29, 1.82) is 0 Å². The van der Waals surface area contributed by atoms with E-state index in [0.717, 1.165) is 19.4 Å². The molecule has 1 rings (SSSR count). The first-order chi connectivity index (χ1) is 8.26. The molecule has 0 radical (unpaired) electrons. The maximum absolute atomic E-state index is 5.13. The smallest absolute Gasteiger partial charge is 0.169 e. The van der Waals surface area contributed by atoms with Gasteiger partial charge in [-0.3, -0.25) is 0 Å². The van der Waals surface area contributed by atoms with Gasteiger partial charge in [-0.1, -0.05) is 30.3 Å². The number of hydrogen-bond donors (Lipinski definition) is 1. The van der Waals surface area contributed by atoms with E-state index in [1.165, 1.54) is 5.56 Å². The largest absolute Gasteiger partial charge is 0.355 e. The topological polar surface area (TPSA) is 30.5 Å². The van der Waals surface area contributed by atoms with E-state index in [1.807, 2.05) is 6.07 Å². The average Bonchev–Trinajstić information content (AvgIpc) is 2.39. The first-order valence-corrected chi connectivity index (χ1v) is 6.09. The van der Waals surface area contributed by atoms with Crippen molar-refractivity contribution in [1.82, 2.24) is 5.32 Å². The Balaban J connectivity index is 2.19. The van der Waals surface area contributed by atoms with Crippen molar-refractivity contribution in [3.8, 4) is 0 Å². The van der Waals surface area contributed by atoms with Gasteiger partial charge in [0.25, 0.3) is 0 Å². The Bertz CT molecular complexity index is 286. The Labute approximate surface area is 104 Å². The molecule has 0 saturated carbocycles. The molecule has 0 aromatic heterocycles. The molecule has 96 valence electrons. The second kappa shape index (κ2) is 8.23. The van der Waals surface area contributed by atoms with E-state index in [4.69, 9.17) is 9.47 Å². The molecule has 3 nitrogen and oxygen atoms in total. The molecule has 1 aromatic carbocycles. The lowest BCUT2D eigenvalue weighted by Gasteiger charge is -2.18. The first-order valence-electron chi connectivity index (χ1n) is 6.09. The zero-order chi connectivity index (χ0) is 12.5. The van der Waals surface area contributed by atoms with Gasteiger partial charge in [-0.25, -0.2) is 0 Å². The Morgan fingerprint density at radius 1 is 1.12 bits per heavy atom. The van der Waals surface area contributed by atoms with Crippen LogP contribution in [-0.2, 0) is 15.9 Å². The van der Waals surface area contributed by atoms with Crippen molar-refractivity contribution in [3.05, 3.63) is 35.9 Å². The van der Waals surface area contributed by atoms with Crippen LogP contribution in [0.5, 0.6) is 0 Å². The van der Waals surface area contributed by atoms with E-state index in [0.29, 0.717) is 6.04 Å². The number of ether oxygens (including phenoxy) is 2. The van der Waals surface area contributed by atoms with Crippen LogP contribution < -0.4 is 5.32 Å². The van der Waals surface area contributed by atoms with Gasteiger partial charge in [-0.05, 0) is 25.3 Å². The van der Waals surface area contributed by atoms with Crippen LogP contribution in [0.3, 0.4) is 0 Å². The van der Waals surface area contributed by atoms with Crippen LogP contribution in [0.2, 0.25) is 0 Å². The minimum Gasteiger partial charge on any atom is -0.355 e. The Morgan fingerprint density at radius 2 is 1.76 bits per heavy atom. The maximum Gasteiger partial charge on any atom is 0.169 e. The maximum atomic E-state index is 5.13. The summed E-state index contributed by atoms with van der Waals surface area (Å²) >= 11 is 0. The highest BCUT2D eigenvalue weighted by molar-refractivity contribution is 5.14. The van der Waals surface area contributed by atoms with Crippen LogP contribution >= 0.6 is 0 Å². The number of nitrogens with one attached hydrogen (secondary N) is 1. The van der Waals surface area contributed by atoms with Crippen LogP contribution in [0.4, 0.5) is 0 Å². The summed E-state index contributed by atoms with van der Waals surface area (Å²) in [6.45, 7) is 2.91. The summed E-state index contributed by atoms with van der Waals surface area (Å²) in [6, 6.07) is 11.0. The molecule has 1 N–H and O–H groups in total. The van der Waals surface area contributed by atoms with Crippen molar-refractivity contribution in [3.63, 3.8) is 0 Å². The minimum atomic E-state index is -0.158. The molecule has 0 fully saturated rings. The minimum absolute atomic E-state index is 0.158. The fourth-order valence-electron chi connectivity index (χ4n) is 1.69. The standard InChI is InChI=1S/C14H23NO2/c1-12(15-11-14(16-2)17-3)9-10-13-7-5-4-6-8-13/h4-8,12,14-15H,9-11H2,1-3H3/t12-/m0/s1. The molecule has 0 amide bonds. The van der Waals surface area contributed by atoms with Crippen molar-refractivity contribution >= 4 is 0 Å². The average molecular weight is 237 g/mol. The molecule has 3 heteroatoms. The van der Waals surface area contributed by atoms with Gasteiger partial charge in [0.1, 0.15) is 0 Å². The summed E-state index contributed by atoms with van der Waals surface area (Å²) in [5, 5.41) is 3.40. The normalized spacial score (nSPS) is 12.9. The number of hydrogen-bond acceptors (Lipinski definition) is 3. The van der Waals surface area contributed by atoms with E-state index in [-0.39, 0.29) is 6.29 Å². The van der Waals surface area contributed by atoms with E-state index in [9.17, 15) is 0 Å². The van der Waals surface area contributed by atoms with Gasteiger partial charge in [0, 0.05) is 26.8 Å². The molecule has 0 bridgehead atoms. The fourth-order valence-corrected chi connectivity index (χ4v) is 1.69. The lowest BCUT2D eigenvalue weighted by Crippen LogP contribution is -2.35. The molecule has 0 unspecified atom stereocenters.